The summed E-state index contributed by atoms with van der Waals surface area (Å²) in [5.74, 6) is 0.764. The van der Waals surface area contributed by atoms with Crippen molar-refractivity contribution in [3.63, 3.8) is 0 Å². The first-order valence-electron chi connectivity index (χ1n) is 9.39. The maximum Gasteiger partial charge on any atom is 0.235 e. The van der Waals surface area contributed by atoms with E-state index in [0.717, 1.165) is 21.9 Å². The number of aromatic nitrogens is 1. The summed E-state index contributed by atoms with van der Waals surface area (Å²) in [6, 6.07) is 17.5. The molecular weight excluding hydrogens is 382 g/mol. The van der Waals surface area contributed by atoms with E-state index in [-0.39, 0.29) is 18.5 Å². The molecule has 150 valence electrons. The second-order valence-electron chi connectivity index (χ2n) is 6.59. The Labute approximate surface area is 175 Å². The second kappa shape index (κ2) is 10.5. The quantitative estimate of drug-likeness (QED) is 0.515. The van der Waals surface area contributed by atoms with Crippen LogP contribution in [0, 0.1) is 0 Å². The fourth-order valence-corrected chi connectivity index (χ4v) is 3.79. The zero-order chi connectivity index (χ0) is 20.5. The molecule has 0 radical (unpaired) electrons. The van der Waals surface area contributed by atoms with Crippen LogP contribution in [0.25, 0.3) is 0 Å². The Balaban J connectivity index is 1.68. The molecule has 0 aliphatic heterocycles. The van der Waals surface area contributed by atoms with Crippen LogP contribution in [0.1, 0.15) is 22.2 Å². The highest BCUT2D eigenvalue weighted by atomic mass is 32.1. The minimum Gasteiger partial charge on any atom is -0.497 e. The number of nitrogens with zero attached hydrogens (tertiary/aromatic N) is 2. The van der Waals surface area contributed by atoms with E-state index in [4.69, 9.17) is 4.74 Å². The summed E-state index contributed by atoms with van der Waals surface area (Å²) in [4.78, 5) is 19.3. The third-order valence-electron chi connectivity index (χ3n) is 4.46. The van der Waals surface area contributed by atoms with Crippen LogP contribution >= 0.6 is 11.3 Å². The van der Waals surface area contributed by atoms with Gasteiger partial charge < -0.3 is 10.1 Å². The summed E-state index contributed by atoms with van der Waals surface area (Å²) in [7, 11) is 1.65. The van der Waals surface area contributed by atoms with Crippen LogP contribution in [0.4, 0.5) is 0 Å². The minimum absolute atomic E-state index is 0.0515. The van der Waals surface area contributed by atoms with Crippen molar-refractivity contribution in [2.75, 3.05) is 20.2 Å². The van der Waals surface area contributed by atoms with E-state index < -0.39 is 0 Å². The smallest absolute Gasteiger partial charge is 0.235 e. The van der Waals surface area contributed by atoms with Gasteiger partial charge in [0.1, 0.15) is 16.8 Å². The van der Waals surface area contributed by atoms with Crippen LogP contribution in [-0.2, 0) is 11.3 Å². The molecular formula is C23H25N3O2S. The highest BCUT2D eigenvalue weighted by Gasteiger charge is 2.20. The molecule has 5 nitrogen and oxygen atoms in total. The van der Waals surface area contributed by atoms with Crippen molar-refractivity contribution in [1.29, 1.82) is 0 Å². The van der Waals surface area contributed by atoms with Gasteiger partial charge in [-0.2, -0.15) is 0 Å². The number of rotatable bonds is 10. The Bertz CT molecular complexity index is 896. The van der Waals surface area contributed by atoms with Crippen LogP contribution in [0.2, 0.25) is 0 Å². The number of hydrogen-bond donors (Lipinski definition) is 1. The first-order valence-corrected chi connectivity index (χ1v) is 10.3. The van der Waals surface area contributed by atoms with Gasteiger partial charge in [0.25, 0.3) is 0 Å². The normalized spacial score (nSPS) is 11.8. The molecule has 0 aliphatic rings. The average molecular weight is 408 g/mol. The third-order valence-corrected chi connectivity index (χ3v) is 5.30. The highest BCUT2D eigenvalue weighted by molar-refractivity contribution is 7.09. The number of ether oxygens (including phenoxy) is 1. The Hall–Kier alpha value is -2.96. The SMILES string of the molecule is C=CCN(CC(=O)NC(c1ccccc1)c1nccs1)Cc1ccc(OC)cc1. The van der Waals surface area contributed by atoms with Gasteiger partial charge in [0.05, 0.1) is 13.7 Å². The molecule has 0 aliphatic carbocycles. The molecule has 0 bridgehead atoms. The zero-order valence-corrected chi connectivity index (χ0v) is 17.3. The monoisotopic (exact) mass is 407 g/mol. The predicted octanol–water partition coefficient (Wildman–Crippen LogP) is 4.05. The molecule has 0 spiro atoms. The lowest BCUT2D eigenvalue weighted by atomic mass is 10.1. The standard InChI is InChI=1S/C23H25N3O2S/c1-3-14-26(16-18-9-11-20(28-2)12-10-18)17-21(27)25-22(23-24-13-15-29-23)19-7-5-4-6-8-19/h3-13,15,22H,1,14,16-17H2,2H3,(H,25,27). The molecule has 0 saturated carbocycles. The number of thiazole rings is 1. The Morgan fingerprint density at radius 1 is 1.24 bits per heavy atom. The molecule has 3 rings (SSSR count). The Morgan fingerprint density at radius 2 is 2.00 bits per heavy atom. The lowest BCUT2D eigenvalue weighted by molar-refractivity contribution is -0.122. The van der Waals surface area contributed by atoms with Crippen LogP contribution in [0.15, 0.2) is 78.8 Å². The van der Waals surface area contributed by atoms with Gasteiger partial charge in [-0.1, -0.05) is 48.5 Å². The lowest BCUT2D eigenvalue weighted by Crippen LogP contribution is -2.39. The van der Waals surface area contributed by atoms with E-state index in [2.05, 4.69) is 16.9 Å². The van der Waals surface area contributed by atoms with Crippen LogP contribution < -0.4 is 10.1 Å². The summed E-state index contributed by atoms with van der Waals surface area (Å²) in [5.41, 5.74) is 2.13. The van der Waals surface area contributed by atoms with Crippen molar-refractivity contribution in [3.05, 3.63) is 95.0 Å². The fraction of sp³-hybridized carbons (Fsp3) is 0.217. The second-order valence-corrected chi connectivity index (χ2v) is 7.51. The van der Waals surface area contributed by atoms with Crippen molar-refractivity contribution in [3.8, 4) is 5.75 Å². The number of amides is 1. The summed E-state index contributed by atoms with van der Waals surface area (Å²) < 4.78 is 5.21. The molecule has 1 atom stereocenters. The summed E-state index contributed by atoms with van der Waals surface area (Å²) >= 11 is 1.54. The van der Waals surface area contributed by atoms with Crippen molar-refractivity contribution < 1.29 is 9.53 Å². The fourth-order valence-electron chi connectivity index (χ4n) is 3.08. The van der Waals surface area contributed by atoms with Crippen molar-refractivity contribution in [1.82, 2.24) is 15.2 Å². The predicted molar refractivity (Wildman–Crippen MR) is 117 cm³/mol. The third kappa shape index (κ3) is 6.01. The van der Waals surface area contributed by atoms with Gasteiger partial charge in [0, 0.05) is 24.7 Å². The number of benzene rings is 2. The largest absolute Gasteiger partial charge is 0.497 e. The van der Waals surface area contributed by atoms with E-state index in [1.165, 1.54) is 11.3 Å². The highest BCUT2D eigenvalue weighted by Crippen LogP contribution is 2.23. The van der Waals surface area contributed by atoms with Crippen LogP contribution in [-0.4, -0.2) is 36.0 Å². The van der Waals surface area contributed by atoms with E-state index in [0.29, 0.717) is 13.1 Å². The van der Waals surface area contributed by atoms with Gasteiger partial charge in [0.15, 0.2) is 0 Å². The molecule has 1 amide bonds. The lowest BCUT2D eigenvalue weighted by Gasteiger charge is -2.23. The van der Waals surface area contributed by atoms with Crippen molar-refractivity contribution in [2.45, 2.75) is 12.6 Å². The van der Waals surface area contributed by atoms with Gasteiger partial charge in [-0.25, -0.2) is 4.98 Å². The summed E-state index contributed by atoms with van der Waals surface area (Å²) in [6.07, 6.45) is 3.57. The van der Waals surface area contributed by atoms with Gasteiger partial charge in [-0.15, -0.1) is 17.9 Å². The topological polar surface area (TPSA) is 54.5 Å². The number of carbonyl (C=O) groups is 1. The van der Waals surface area contributed by atoms with Gasteiger partial charge in [0.2, 0.25) is 5.91 Å². The van der Waals surface area contributed by atoms with Crippen LogP contribution in [0.3, 0.4) is 0 Å². The molecule has 0 fully saturated rings. The first kappa shape index (κ1) is 20.8. The molecule has 1 unspecified atom stereocenters. The zero-order valence-electron chi connectivity index (χ0n) is 16.5. The minimum atomic E-state index is -0.254. The molecule has 1 heterocycles. The van der Waals surface area contributed by atoms with Gasteiger partial charge in [-0.05, 0) is 23.3 Å². The summed E-state index contributed by atoms with van der Waals surface area (Å²) in [6.45, 7) is 5.36. The van der Waals surface area contributed by atoms with Gasteiger partial charge in [-0.3, -0.25) is 9.69 Å². The molecule has 2 aromatic carbocycles. The Morgan fingerprint density at radius 3 is 2.62 bits per heavy atom. The molecule has 1 N–H and O–H groups in total. The number of nitrogens with one attached hydrogen (secondary N) is 1. The van der Waals surface area contributed by atoms with Crippen molar-refractivity contribution in [2.24, 2.45) is 0 Å². The number of methoxy groups -OCH3 is 1. The van der Waals surface area contributed by atoms with E-state index in [1.807, 2.05) is 71.0 Å². The molecule has 6 heteroatoms. The van der Waals surface area contributed by atoms with E-state index in [1.54, 1.807) is 13.3 Å². The van der Waals surface area contributed by atoms with Crippen LogP contribution in [0.5, 0.6) is 5.75 Å². The average Bonchev–Trinajstić information content (AvgIpc) is 3.28. The van der Waals surface area contributed by atoms with Gasteiger partial charge >= 0.3 is 0 Å². The van der Waals surface area contributed by atoms with E-state index in [9.17, 15) is 4.79 Å². The molecule has 1 aromatic heterocycles. The number of carbonyl (C=O) groups excluding carboxylic acids is 1. The van der Waals surface area contributed by atoms with Crippen molar-refractivity contribution >= 4 is 17.2 Å². The Kier molecular flexibility index (Phi) is 7.55. The molecule has 0 saturated heterocycles. The molecule has 3 aromatic rings. The molecule has 29 heavy (non-hydrogen) atoms. The maximum absolute atomic E-state index is 12.9. The first-order chi connectivity index (χ1) is 14.2. The summed E-state index contributed by atoms with van der Waals surface area (Å²) in [5, 5.41) is 5.93. The number of hydrogen-bond acceptors (Lipinski definition) is 5. The maximum atomic E-state index is 12.9. The van der Waals surface area contributed by atoms with E-state index >= 15 is 0 Å².